The number of sulfonamides is 1. The minimum Gasteiger partial charge on any atom is -0.348 e. The van der Waals surface area contributed by atoms with E-state index in [1.54, 1.807) is 31.4 Å². The Hall–Kier alpha value is -2.55. The van der Waals surface area contributed by atoms with Gasteiger partial charge in [0, 0.05) is 31.4 Å². The predicted octanol–water partition coefficient (Wildman–Crippen LogP) is 3.77. The van der Waals surface area contributed by atoms with Crippen molar-refractivity contribution in [3.05, 3.63) is 71.2 Å². The normalized spacial score (nSPS) is 11.6. The summed E-state index contributed by atoms with van der Waals surface area (Å²) < 4.78 is 26.5. The number of hydrogen-bond donors (Lipinski definition) is 1. The predicted molar refractivity (Wildman–Crippen MR) is 115 cm³/mol. The first-order valence-electron chi connectivity index (χ1n) is 9.33. The summed E-state index contributed by atoms with van der Waals surface area (Å²) in [6, 6.07) is 13.8. The summed E-state index contributed by atoms with van der Waals surface area (Å²) in [5.74, 6) is -0.266. The van der Waals surface area contributed by atoms with Crippen molar-refractivity contribution in [1.29, 1.82) is 0 Å². The lowest BCUT2D eigenvalue weighted by molar-refractivity contribution is 0.0951. The lowest BCUT2D eigenvalue weighted by atomic mass is 10.1. The summed E-state index contributed by atoms with van der Waals surface area (Å²) in [5, 5.41) is 4.87. The van der Waals surface area contributed by atoms with Crippen molar-refractivity contribution in [2.24, 2.45) is 0 Å². The minimum absolute atomic E-state index is 0.185. The van der Waals surface area contributed by atoms with Crippen molar-refractivity contribution in [3.8, 4) is 10.6 Å². The summed E-state index contributed by atoms with van der Waals surface area (Å²) in [6.45, 7) is 4.73. The maximum absolute atomic E-state index is 12.6. The van der Waals surface area contributed by atoms with E-state index in [4.69, 9.17) is 0 Å². The molecule has 152 valence electrons. The molecule has 0 fully saturated rings. The van der Waals surface area contributed by atoms with Crippen LogP contribution in [0.1, 0.15) is 29.8 Å². The zero-order valence-electron chi connectivity index (χ0n) is 16.3. The molecule has 1 aromatic carbocycles. The third-order valence-corrected chi connectivity index (χ3v) is 7.49. The number of thiophene rings is 1. The number of pyridine rings is 1. The van der Waals surface area contributed by atoms with Crippen LogP contribution in [-0.4, -0.2) is 36.7 Å². The molecule has 0 radical (unpaired) electrons. The Morgan fingerprint density at radius 1 is 1.07 bits per heavy atom. The standard InChI is InChI=1S/C21H23N3O3S2/c1-3-24(4-2)29(26,27)18-11-9-16(10-12-18)21(25)23-15-17-7-5-13-22-20(17)19-8-6-14-28-19/h5-14H,3-4,15H2,1-2H3,(H,23,25). The molecule has 0 aliphatic rings. The molecule has 8 heteroatoms. The number of nitrogens with one attached hydrogen (secondary N) is 1. The molecule has 6 nitrogen and oxygen atoms in total. The molecule has 3 rings (SSSR count). The Morgan fingerprint density at radius 2 is 1.79 bits per heavy atom. The molecule has 0 aliphatic carbocycles. The average Bonchev–Trinajstić information content (AvgIpc) is 3.28. The second kappa shape index (κ2) is 9.30. The van der Waals surface area contributed by atoms with Crippen molar-refractivity contribution in [3.63, 3.8) is 0 Å². The Balaban J connectivity index is 1.72. The fraction of sp³-hybridized carbons (Fsp3) is 0.238. The fourth-order valence-electron chi connectivity index (χ4n) is 2.98. The first kappa shape index (κ1) is 21.2. The molecular weight excluding hydrogens is 406 g/mol. The van der Waals surface area contributed by atoms with E-state index in [-0.39, 0.29) is 10.8 Å². The monoisotopic (exact) mass is 429 g/mol. The summed E-state index contributed by atoms with van der Waals surface area (Å²) in [7, 11) is -3.54. The molecule has 0 atom stereocenters. The molecule has 1 N–H and O–H groups in total. The molecule has 2 aromatic heterocycles. The van der Waals surface area contributed by atoms with Gasteiger partial charge in [-0.1, -0.05) is 26.0 Å². The van der Waals surface area contributed by atoms with Crippen LogP contribution >= 0.6 is 11.3 Å². The molecular formula is C21H23N3O3S2. The molecule has 0 spiro atoms. The maximum Gasteiger partial charge on any atom is 0.251 e. The van der Waals surface area contributed by atoms with Gasteiger partial charge in [-0.25, -0.2) is 8.42 Å². The van der Waals surface area contributed by atoms with E-state index in [2.05, 4.69) is 10.3 Å². The molecule has 0 unspecified atom stereocenters. The topological polar surface area (TPSA) is 79.4 Å². The molecule has 2 heterocycles. The van der Waals surface area contributed by atoms with Crippen LogP contribution in [-0.2, 0) is 16.6 Å². The van der Waals surface area contributed by atoms with E-state index < -0.39 is 10.0 Å². The quantitative estimate of drug-likeness (QED) is 0.591. The van der Waals surface area contributed by atoms with E-state index >= 15 is 0 Å². The van der Waals surface area contributed by atoms with Gasteiger partial charge in [0.2, 0.25) is 10.0 Å². The van der Waals surface area contributed by atoms with E-state index in [1.807, 2.05) is 29.6 Å². The second-order valence-electron chi connectivity index (χ2n) is 6.28. The number of aromatic nitrogens is 1. The maximum atomic E-state index is 12.6. The van der Waals surface area contributed by atoms with Crippen molar-refractivity contribution in [2.75, 3.05) is 13.1 Å². The highest BCUT2D eigenvalue weighted by molar-refractivity contribution is 7.89. The number of hydrogen-bond acceptors (Lipinski definition) is 5. The minimum atomic E-state index is -3.54. The first-order chi connectivity index (χ1) is 14.0. The van der Waals surface area contributed by atoms with Gasteiger partial charge in [-0.05, 0) is 47.3 Å². The molecule has 0 saturated heterocycles. The van der Waals surface area contributed by atoms with Gasteiger partial charge in [-0.2, -0.15) is 4.31 Å². The number of carbonyl (C=O) groups is 1. The lowest BCUT2D eigenvalue weighted by Crippen LogP contribution is -2.30. The van der Waals surface area contributed by atoms with Crippen LogP contribution in [0.2, 0.25) is 0 Å². The number of nitrogens with zero attached hydrogens (tertiary/aromatic N) is 2. The zero-order chi connectivity index (χ0) is 20.9. The van der Waals surface area contributed by atoms with E-state index in [1.165, 1.54) is 28.6 Å². The van der Waals surface area contributed by atoms with E-state index in [0.29, 0.717) is 25.2 Å². The molecule has 0 saturated carbocycles. The number of rotatable bonds is 8. The molecule has 29 heavy (non-hydrogen) atoms. The highest BCUT2D eigenvalue weighted by atomic mass is 32.2. The van der Waals surface area contributed by atoms with Crippen molar-refractivity contribution < 1.29 is 13.2 Å². The highest BCUT2D eigenvalue weighted by Gasteiger charge is 2.21. The van der Waals surface area contributed by atoms with Crippen molar-refractivity contribution in [2.45, 2.75) is 25.3 Å². The van der Waals surface area contributed by atoms with Crippen LogP contribution in [0.4, 0.5) is 0 Å². The summed E-state index contributed by atoms with van der Waals surface area (Å²) in [6.07, 6.45) is 1.73. The van der Waals surface area contributed by atoms with Crippen LogP contribution < -0.4 is 5.32 Å². The lowest BCUT2D eigenvalue weighted by Gasteiger charge is -2.18. The molecule has 0 aliphatic heterocycles. The van der Waals surface area contributed by atoms with Gasteiger partial charge in [0.05, 0.1) is 15.5 Å². The van der Waals surface area contributed by atoms with Crippen LogP contribution in [0.5, 0.6) is 0 Å². The van der Waals surface area contributed by atoms with Gasteiger partial charge in [0.15, 0.2) is 0 Å². The van der Waals surface area contributed by atoms with Gasteiger partial charge in [-0.15, -0.1) is 11.3 Å². The van der Waals surface area contributed by atoms with Crippen LogP contribution in [0.3, 0.4) is 0 Å². The molecule has 1 amide bonds. The third kappa shape index (κ3) is 4.72. The second-order valence-corrected chi connectivity index (χ2v) is 9.17. The largest absolute Gasteiger partial charge is 0.348 e. The third-order valence-electron chi connectivity index (χ3n) is 4.54. The summed E-state index contributed by atoms with van der Waals surface area (Å²) in [5.41, 5.74) is 2.18. The zero-order valence-corrected chi connectivity index (χ0v) is 18.0. The smallest absolute Gasteiger partial charge is 0.251 e. The van der Waals surface area contributed by atoms with Crippen molar-refractivity contribution in [1.82, 2.24) is 14.6 Å². The van der Waals surface area contributed by atoms with Crippen molar-refractivity contribution >= 4 is 27.3 Å². The fourth-order valence-corrected chi connectivity index (χ4v) is 5.20. The van der Waals surface area contributed by atoms with Gasteiger partial charge in [0.1, 0.15) is 0 Å². The Labute approximate surface area is 175 Å². The Morgan fingerprint density at radius 3 is 2.41 bits per heavy atom. The van der Waals surface area contributed by atoms with E-state index in [0.717, 1.165) is 16.1 Å². The van der Waals surface area contributed by atoms with Gasteiger partial charge in [-0.3, -0.25) is 9.78 Å². The van der Waals surface area contributed by atoms with Gasteiger partial charge in [0.25, 0.3) is 5.91 Å². The average molecular weight is 430 g/mol. The summed E-state index contributed by atoms with van der Waals surface area (Å²) in [4.78, 5) is 18.2. The number of carbonyl (C=O) groups excluding carboxylic acids is 1. The highest BCUT2D eigenvalue weighted by Crippen LogP contribution is 2.25. The number of amides is 1. The van der Waals surface area contributed by atoms with Gasteiger partial charge >= 0.3 is 0 Å². The summed E-state index contributed by atoms with van der Waals surface area (Å²) >= 11 is 1.59. The molecule has 3 aromatic rings. The first-order valence-corrected chi connectivity index (χ1v) is 11.7. The SMILES string of the molecule is CCN(CC)S(=O)(=O)c1ccc(C(=O)NCc2cccnc2-c2cccs2)cc1. The molecule has 0 bridgehead atoms. The Kier molecular flexibility index (Phi) is 6.79. The van der Waals surface area contributed by atoms with Crippen LogP contribution in [0.25, 0.3) is 10.6 Å². The Bertz CT molecular complexity index is 1060. The number of benzene rings is 1. The van der Waals surface area contributed by atoms with Crippen LogP contribution in [0, 0.1) is 0 Å². The van der Waals surface area contributed by atoms with Crippen LogP contribution in [0.15, 0.2) is 65.0 Å². The van der Waals surface area contributed by atoms with Gasteiger partial charge < -0.3 is 5.32 Å². The van der Waals surface area contributed by atoms with E-state index in [9.17, 15) is 13.2 Å².